The number of aliphatic carboxylic acids is 3. The van der Waals surface area contributed by atoms with E-state index in [9.17, 15) is 14.4 Å². The summed E-state index contributed by atoms with van der Waals surface area (Å²) in [7, 11) is 0. The summed E-state index contributed by atoms with van der Waals surface area (Å²) in [4.78, 5) is 30.3. The van der Waals surface area contributed by atoms with Gasteiger partial charge in [0.25, 0.3) is 0 Å². The van der Waals surface area contributed by atoms with Gasteiger partial charge in [-0.25, -0.2) is 0 Å². The van der Waals surface area contributed by atoms with Gasteiger partial charge in [-0.15, -0.1) is 0 Å². The Bertz CT molecular complexity index is 392. The molecular formula is C16H35N3O6S2. The van der Waals surface area contributed by atoms with Crippen LogP contribution < -0.4 is 17.2 Å². The van der Waals surface area contributed by atoms with E-state index in [0.29, 0.717) is 12.8 Å². The van der Waals surface area contributed by atoms with Gasteiger partial charge in [0, 0.05) is 0 Å². The second kappa shape index (κ2) is 19.7. The molecule has 0 heterocycles. The third kappa shape index (κ3) is 21.2. The number of carboxylic acids is 3. The van der Waals surface area contributed by atoms with E-state index in [4.69, 9.17) is 32.5 Å². The Morgan fingerprint density at radius 1 is 0.815 bits per heavy atom. The molecule has 0 aliphatic carbocycles. The Hall–Kier alpha value is -1.01. The standard InChI is InChI=1S/C6H13NO2.2C5H11NO2S/c1-3-4(2)5(7)6(8)9;2*1-9-3-2-4(6)5(7)8/h4-5H,3,7H2,1-2H3,(H,8,9);2*4H,2-3,6H2,1H3,(H,7,8)/t4-,5-;2*4-/m000/s1. The minimum Gasteiger partial charge on any atom is -0.480 e. The van der Waals surface area contributed by atoms with E-state index in [-0.39, 0.29) is 5.92 Å². The largest absolute Gasteiger partial charge is 0.480 e. The predicted molar refractivity (Wildman–Crippen MR) is 112 cm³/mol. The fraction of sp³-hybridized carbons (Fsp3) is 0.812. The molecule has 0 bridgehead atoms. The highest BCUT2D eigenvalue weighted by Crippen LogP contribution is 2.04. The first-order chi connectivity index (χ1) is 12.5. The van der Waals surface area contributed by atoms with Crippen LogP contribution in [0, 0.1) is 5.92 Å². The van der Waals surface area contributed by atoms with Gasteiger partial charge in [-0.05, 0) is 42.8 Å². The number of rotatable bonds is 11. The number of thioether (sulfide) groups is 2. The molecule has 0 fully saturated rings. The Morgan fingerprint density at radius 3 is 1.30 bits per heavy atom. The fourth-order valence-corrected chi connectivity index (χ4v) is 2.21. The van der Waals surface area contributed by atoms with Gasteiger partial charge in [0.2, 0.25) is 0 Å². The van der Waals surface area contributed by atoms with Crippen LogP contribution in [0.25, 0.3) is 0 Å². The van der Waals surface area contributed by atoms with Gasteiger partial charge in [-0.1, -0.05) is 20.3 Å². The first kappa shape index (κ1) is 30.7. The molecule has 0 aliphatic heterocycles. The fourth-order valence-electron chi connectivity index (χ4n) is 1.23. The third-order valence-electron chi connectivity index (χ3n) is 3.44. The molecule has 0 aromatic heterocycles. The summed E-state index contributed by atoms with van der Waals surface area (Å²) in [5.41, 5.74) is 15.7. The van der Waals surface area contributed by atoms with Crippen molar-refractivity contribution in [3.8, 4) is 0 Å². The van der Waals surface area contributed by atoms with Gasteiger partial charge in [-0.2, -0.15) is 23.5 Å². The molecule has 9 nitrogen and oxygen atoms in total. The van der Waals surface area contributed by atoms with Gasteiger partial charge in [0.1, 0.15) is 18.1 Å². The molecule has 162 valence electrons. The molecule has 0 saturated carbocycles. The maximum atomic E-state index is 10.2. The smallest absolute Gasteiger partial charge is 0.320 e. The van der Waals surface area contributed by atoms with Crippen LogP contribution in [0.4, 0.5) is 0 Å². The van der Waals surface area contributed by atoms with Gasteiger partial charge < -0.3 is 32.5 Å². The number of carboxylic acid groups (broad SMARTS) is 3. The van der Waals surface area contributed by atoms with Crippen LogP contribution in [0.15, 0.2) is 0 Å². The monoisotopic (exact) mass is 429 g/mol. The average molecular weight is 430 g/mol. The van der Waals surface area contributed by atoms with Crippen molar-refractivity contribution in [2.45, 2.75) is 51.2 Å². The van der Waals surface area contributed by atoms with Crippen molar-refractivity contribution in [1.29, 1.82) is 0 Å². The van der Waals surface area contributed by atoms with Crippen LogP contribution >= 0.6 is 23.5 Å². The summed E-state index contributed by atoms with van der Waals surface area (Å²) in [5, 5.41) is 24.9. The zero-order valence-electron chi connectivity index (χ0n) is 16.5. The first-order valence-corrected chi connectivity index (χ1v) is 11.2. The molecular weight excluding hydrogens is 394 g/mol. The predicted octanol–water partition coefficient (Wildman–Crippen LogP) is 0.747. The summed E-state index contributed by atoms with van der Waals surface area (Å²) in [6, 6.07) is -2.06. The highest BCUT2D eigenvalue weighted by atomic mass is 32.2. The van der Waals surface area contributed by atoms with E-state index < -0.39 is 36.0 Å². The molecule has 9 N–H and O–H groups in total. The molecule has 0 aromatic carbocycles. The minimum absolute atomic E-state index is 0.0718. The van der Waals surface area contributed by atoms with Crippen LogP contribution in [-0.4, -0.2) is 75.4 Å². The third-order valence-corrected chi connectivity index (χ3v) is 4.73. The van der Waals surface area contributed by atoms with Crippen molar-refractivity contribution in [2.24, 2.45) is 23.1 Å². The second-order valence-corrected chi connectivity index (χ2v) is 7.67. The molecule has 11 heteroatoms. The molecule has 0 rings (SSSR count). The van der Waals surface area contributed by atoms with Crippen molar-refractivity contribution in [2.75, 3.05) is 24.0 Å². The van der Waals surface area contributed by atoms with Crippen LogP contribution in [0.2, 0.25) is 0 Å². The highest BCUT2D eigenvalue weighted by Gasteiger charge is 2.17. The second-order valence-electron chi connectivity index (χ2n) is 5.70. The van der Waals surface area contributed by atoms with Gasteiger partial charge in [-0.3, -0.25) is 14.4 Å². The van der Waals surface area contributed by atoms with E-state index in [1.165, 1.54) is 0 Å². The quantitative estimate of drug-likeness (QED) is 0.271. The molecule has 0 radical (unpaired) electrons. The number of hydrogen-bond donors (Lipinski definition) is 6. The van der Waals surface area contributed by atoms with Gasteiger partial charge >= 0.3 is 17.9 Å². The maximum Gasteiger partial charge on any atom is 0.320 e. The summed E-state index contributed by atoms with van der Waals surface area (Å²) < 4.78 is 0. The Labute approximate surface area is 169 Å². The molecule has 4 atom stereocenters. The van der Waals surface area contributed by atoms with Crippen LogP contribution in [-0.2, 0) is 14.4 Å². The Kier molecular flexibility index (Phi) is 22.5. The van der Waals surface area contributed by atoms with Crippen LogP contribution in [0.3, 0.4) is 0 Å². The topological polar surface area (TPSA) is 190 Å². The number of carbonyl (C=O) groups is 3. The lowest BCUT2D eigenvalue weighted by Gasteiger charge is -2.11. The highest BCUT2D eigenvalue weighted by molar-refractivity contribution is 7.98. The number of nitrogens with two attached hydrogens (primary N) is 3. The normalized spacial score (nSPS) is 14.3. The Morgan fingerprint density at radius 2 is 1.15 bits per heavy atom. The van der Waals surface area contributed by atoms with E-state index in [1.807, 2.05) is 26.4 Å². The van der Waals surface area contributed by atoms with Gasteiger partial charge in [0.15, 0.2) is 0 Å². The van der Waals surface area contributed by atoms with Crippen LogP contribution in [0.5, 0.6) is 0 Å². The summed E-state index contributed by atoms with van der Waals surface area (Å²) in [6.07, 6.45) is 5.77. The van der Waals surface area contributed by atoms with Crippen molar-refractivity contribution in [3.63, 3.8) is 0 Å². The van der Waals surface area contributed by atoms with Crippen molar-refractivity contribution in [3.05, 3.63) is 0 Å². The number of hydrogen-bond acceptors (Lipinski definition) is 8. The zero-order valence-corrected chi connectivity index (χ0v) is 18.1. The van der Waals surface area contributed by atoms with E-state index in [2.05, 4.69) is 0 Å². The lowest BCUT2D eigenvalue weighted by Crippen LogP contribution is -2.36. The molecule has 0 unspecified atom stereocenters. The SMILES string of the molecule is CC[C@H](C)[C@H](N)C(=O)O.CSCC[C@H](N)C(=O)O.CSCC[C@H](N)C(=O)O. The molecule has 0 saturated heterocycles. The van der Waals surface area contributed by atoms with E-state index >= 15 is 0 Å². The minimum atomic E-state index is -0.913. The van der Waals surface area contributed by atoms with Crippen molar-refractivity contribution in [1.82, 2.24) is 0 Å². The first-order valence-electron chi connectivity index (χ1n) is 8.39. The van der Waals surface area contributed by atoms with Gasteiger partial charge in [0.05, 0.1) is 0 Å². The summed E-state index contributed by atoms with van der Waals surface area (Å²) >= 11 is 3.21. The maximum absolute atomic E-state index is 10.2. The molecule has 0 aliphatic rings. The van der Waals surface area contributed by atoms with Crippen molar-refractivity contribution < 1.29 is 29.7 Å². The summed E-state index contributed by atoms with van der Waals surface area (Å²) in [5.74, 6) is -1.04. The molecule has 27 heavy (non-hydrogen) atoms. The molecule has 0 amide bonds. The molecule has 0 aromatic rings. The van der Waals surface area contributed by atoms with E-state index in [1.54, 1.807) is 23.5 Å². The average Bonchev–Trinajstić information content (AvgIpc) is 2.63. The molecule has 0 spiro atoms. The lowest BCUT2D eigenvalue weighted by atomic mass is 10.0. The summed E-state index contributed by atoms with van der Waals surface area (Å²) in [6.45, 7) is 3.76. The van der Waals surface area contributed by atoms with E-state index in [0.717, 1.165) is 17.9 Å². The van der Waals surface area contributed by atoms with Crippen LogP contribution in [0.1, 0.15) is 33.1 Å². The zero-order chi connectivity index (χ0) is 22.0. The lowest BCUT2D eigenvalue weighted by molar-refractivity contribution is -0.140. The Balaban J connectivity index is -0.000000320. The van der Waals surface area contributed by atoms with Crippen molar-refractivity contribution >= 4 is 41.4 Å².